The minimum Gasteiger partial charge on any atom is -0.312 e. The van der Waals surface area contributed by atoms with E-state index in [0.717, 1.165) is 10.7 Å². The maximum Gasteiger partial charge on any atom is 0.143 e. The van der Waals surface area contributed by atoms with Gasteiger partial charge in [-0.25, -0.2) is 4.98 Å². The van der Waals surface area contributed by atoms with E-state index in [9.17, 15) is 0 Å². The minimum atomic E-state index is 0.214. The Hall–Kier alpha value is -0.680. The molecule has 0 aliphatic carbocycles. The lowest BCUT2D eigenvalue weighted by molar-refractivity contribution is 0.637. The van der Waals surface area contributed by atoms with Crippen LogP contribution >= 0.6 is 34.5 Å². The molecule has 0 aliphatic rings. The minimum absolute atomic E-state index is 0.214. The molecule has 0 aliphatic heterocycles. The molecule has 2 rings (SSSR count). The molecule has 0 bridgehead atoms. The Morgan fingerprint density at radius 2 is 2.18 bits per heavy atom. The van der Waals surface area contributed by atoms with E-state index < -0.39 is 0 Å². The van der Waals surface area contributed by atoms with Gasteiger partial charge >= 0.3 is 0 Å². The first-order valence-electron chi connectivity index (χ1n) is 5.06. The monoisotopic (exact) mass is 287 g/mol. The fourth-order valence-electron chi connectivity index (χ4n) is 1.31. The van der Waals surface area contributed by atoms with E-state index in [1.165, 1.54) is 11.3 Å². The first-order valence-corrected chi connectivity index (χ1v) is 6.69. The molecular weight excluding hydrogens is 277 g/mol. The van der Waals surface area contributed by atoms with E-state index in [-0.39, 0.29) is 6.04 Å². The number of nitrogens with one attached hydrogen (secondary N) is 1. The summed E-state index contributed by atoms with van der Waals surface area (Å²) in [6, 6.07) is 1.89. The van der Waals surface area contributed by atoms with E-state index in [1.54, 1.807) is 12.3 Å². The summed E-state index contributed by atoms with van der Waals surface area (Å²) in [7, 11) is 1.90. The number of thiazole rings is 1. The molecule has 2 aromatic rings. The van der Waals surface area contributed by atoms with Crippen LogP contribution in [-0.4, -0.2) is 17.0 Å². The van der Waals surface area contributed by atoms with Crippen molar-refractivity contribution in [3.05, 3.63) is 33.4 Å². The molecule has 0 saturated heterocycles. The number of nitrogens with zero attached hydrogens (tertiary/aromatic N) is 2. The quantitative estimate of drug-likeness (QED) is 0.933. The van der Waals surface area contributed by atoms with Gasteiger partial charge in [-0.2, -0.15) is 0 Å². The van der Waals surface area contributed by atoms with E-state index in [4.69, 9.17) is 23.2 Å². The third-order valence-electron chi connectivity index (χ3n) is 2.41. The first kappa shape index (κ1) is 12.8. The van der Waals surface area contributed by atoms with Crippen LogP contribution in [0.15, 0.2) is 17.6 Å². The Kier molecular flexibility index (Phi) is 3.99. The van der Waals surface area contributed by atoms with Crippen LogP contribution in [0.1, 0.15) is 18.7 Å². The fourth-order valence-corrected chi connectivity index (χ4v) is 2.76. The Morgan fingerprint density at radius 3 is 2.82 bits per heavy atom. The average Bonchev–Trinajstić information content (AvgIpc) is 2.77. The zero-order chi connectivity index (χ0) is 12.4. The Balaban J connectivity index is 2.37. The average molecular weight is 288 g/mol. The molecule has 1 N–H and O–H groups in total. The van der Waals surface area contributed by atoms with Gasteiger partial charge in [-0.05, 0) is 20.0 Å². The third-order valence-corrected chi connectivity index (χ3v) is 3.77. The lowest BCUT2D eigenvalue weighted by Crippen LogP contribution is -2.12. The van der Waals surface area contributed by atoms with Gasteiger partial charge in [0.25, 0.3) is 0 Å². The molecule has 1 unspecified atom stereocenters. The van der Waals surface area contributed by atoms with Crippen molar-refractivity contribution in [2.45, 2.75) is 13.0 Å². The van der Waals surface area contributed by atoms with Crippen LogP contribution in [-0.2, 0) is 0 Å². The first-order chi connectivity index (χ1) is 8.11. The van der Waals surface area contributed by atoms with E-state index in [0.29, 0.717) is 15.7 Å². The van der Waals surface area contributed by atoms with Crippen molar-refractivity contribution < 1.29 is 0 Å². The molecule has 6 heteroatoms. The summed E-state index contributed by atoms with van der Waals surface area (Å²) in [6.07, 6.45) is 1.57. The lowest BCUT2D eigenvalue weighted by atomic mass is 10.3. The van der Waals surface area contributed by atoms with Crippen molar-refractivity contribution in [2.75, 3.05) is 7.05 Å². The molecule has 2 heterocycles. The third kappa shape index (κ3) is 2.77. The van der Waals surface area contributed by atoms with Gasteiger partial charge in [0.2, 0.25) is 0 Å². The maximum absolute atomic E-state index is 6.09. The van der Waals surface area contributed by atoms with Crippen LogP contribution in [0.25, 0.3) is 10.7 Å². The molecule has 90 valence electrons. The molecule has 0 spiro atoms. The van der Waals surface area contributed by atoms with Gasteiger partial charge in [0, 0.05) is 17.6 Å². The van der Waals surface area contributed by atoms with Crippen LogP contribution in [0.4, 0.5) is 0 Å². The smallest absolute Gasteiger partial charge is 0.143 e. The molecule has 0 fully saturated rings. The van der Waals surface area contributed by atoms with Crippen molar-refractivity contribution in [2.24, 2.45) is 0 Å². The second-order valence-corrected chi connectivity index (χ2v) is 5.27. The largest absolute Gasteiger partial charge is 0.312 e. The molecule has 17 heavy (non-hydrogen) atoms. The molecule has 0 amide bonds. The van der Waals surface area contributed by atoms with E-state index in [2.05, 4.69) is 22.2 Å². The fraction of sp³-hybridized carbons (Fsp3) is 0.273. The molecule has 3 nitrogen and oxygen atoms in total. The Morgan fingerprint density at radius 1 is 1.41 bits per heavy atom. The topological polar surface area (TPSA) is 37.8 Å². The molecule has 2 aromatic heterocycles. The summed E-state index contributed by atoms with van der Waals surface area (Å²) in [5, 5.41) is 7.00. The zero-order valence-electron chi connectivity index (χ0n) is 9.37. The van der Waals surface area contributed by atoms with Gasteiger partial charge in [-0.3, -0.25) is 4.98 Å². The highest BCUT2D eigenvalue weighted by Gasteiger charge is 2.13. The highest BCUT2D eigenvalue weighted by Crippen LogP contribution is 2.31. The molecule has 0 radical (unpaired) electrons. The number of rotatable bonds is 3. The van der Waals surface area contributed by atoms with Crippen molar-refractivity contribution in [1.29, 1.82) is 0 Å². The molecular formula is C11H11Cl2N3S. The van der Waals surface area contributed by atoms with Crippen molar-refractivity contribution in [3.63, 3.8) is 0 Å². The SMILES string of the molecule is CNC(C)c1csc(-c2ncc(Cl)cc2Cl)n1. The second kappa shape index (κ2) is 5.31. The zero-order valence-corrected chi connectivity index (χ0v) is 11.7. The highest BCUT2D eigenvalue weighted by atomic mass is 35.5. The summed E-state index contributed by atoms with van der Waals surface area (Å²) >= 11 is 13.4. The predicted octanol–water partition coefficient (Wildman–Crippen LogP) is 3.79. The van der Waals surface area contributed by atoms with Gasteiger partial charge in [0.05, 0.1) is 15.7 Å². The number of hydrogen-bond acceptors (Lipinski definition) is 4. The molecule has 0 saturated carbocycles. The van der Waals surface area contributed by atoms with Crippen LogP contribution in [0.5, 0.6) is 0 Å². The Bertz CT molecular complexity index is 527. The van der Waals surface area contributed by atoms with Gasteiger partial charge in [0.1, 0.15) is 10.7 Å². The number of pyridine rings is 1. The van der Waals surface area contributed by atoms with Crippen LogP contribution < -0.4 is 5.32 Å². The second-order valence-electron chi connectivity index (χ2n) is 3.57. The standard InChI is InChI=1S/C11H11Cl2N3S/c1-6(14-2)9-5-17-11(16-9)10-8(13)3-7(12)4-15-10/h3-6,14H,1-2H3. The van der Waals surface area contributed by atoms with Crippen LogP contribution in [0.3, 0.4) is 0 Å². The van der Waals surface area contributed by atoms with Crippen LogP contribution in [0.2, 0.25) is 10.0 Å². The van der Waals surface area contributed by atoms with Crippen LogP contribution in [0, 0.1) is 0 Å². The van der Waals surface area contributed by atoms with E-state index >= 15 is 0 Å². The lowest BCUT2D eigenvalue weighted by Gasteiger charge is -2.05. The highest BCUT2D eigenvalue weighted by molar-refractivity contribution is 7.13. The summed E-state index contributed by atoms with van der Waals surface area (Å²) in [4.78, 5) is 8.72. The van der Waals surface area contributed by atoms with Crippen molar-refractivity contribution >= 4 is 34.5 Å². The summed E-state index contributed by atoms with van der Waals surface area (Å²) in [5.41, 5.74) is 1.66. The van der Waals surface area contributed by atoms with E-state index in [1.807, 2.05) is 12.4 Å². The number of hydrogen-bond donors (Lipinski definition) is 1. The molecule has 1 atom stereocenters. The van der Waals surface area contributed by atoms with Crippen molar-refractivity contribution in [1.82, 2.24) is 15.3 Å². The number of halogens is 2. The maximum atomic E-state index is 6.09. The number of aromatic nitrogens is 2. The van der Waals surface area contributed by atoms with Gasteiger partial charge in [-0.1, -0.05) is 23.2 Å². The summed E-state index contributed by atoms with van der Waals surface area (Å²) in [5.74, 6) is 0. The normalized spacial score (nSPS) is 12.7. The van der Waals surface area contributed by atoms with Gasteiger partial charge in [0.15, 0.2) is 0 Å². The van der Waals surface area contributed by atoms with Gasteiger partial charge < -0.3 is 5.32 Å². The molecule has 0 aromatic carbocycles. The summed E-state index contributed by atoms with van der Waals surface area (Å²) in [6.45, 7) is 2.05. The van der Waals surface area contributed by atoms with Crippen molar-refractivity contribution in [3.8, 4) is 10.7 Å². The van der Waals surface area contributed by atoms with Gasteiger partial charge in [-0.15, -0.1) is 11.3 Å². The Labute approximate surface area is 114 Å². The summed E-state index contributed by atoms with van der Waals surface area (Å²) < 4.78 is 0. The predicted molar refractivity (Wildman–Crippen MR) is 72.8 cm³/mol.